The summed E-state index contributed by atoms with van der Waals surface area (Å²) in [7, 11) is 1.57. The van der Waals surface area contributed by atoms with Gasteiger partial charge >= 0.3 is 5.97 Å². The summed E-state index contributed by atoms with van der Waals surface area (Å²) < 4.78 is 31.3. The maximum Gasteiger partial charge on any atom is 0.340 e. The molecule has 31 heavy (non-hydrogen) atoms. The number of nitrogens with two attached hydrogens (primary N) is 1. The van der Waals surface area contributed by atoms with E-state index in [1.165, 1.54) is 24.3 Å². The molecule has 8 heteroatoms. The Hall–Kier alpha value is -3.13. The number of hydrogen-bond acceptors (Lipinski definition) is 6. The molecule has 1 atom stereocenters. The van der Waals surface area contributed by atoms with Crippen LogP contribution in [0.2, 0.25) is 0 Å². The number of carbonyl (C=O) groups is 1. The van der Waals surface area contributed by atoms with Crippen LogP contribution in [-0.4, -0.2) is 30.9 Å². The number of benzene rings is 1. The number of carbonyl (C=O) groups excluding carboxylic acids is 1. The molecule has 2 aromatic rings. The molecule has 1 aliphatic heterocycles. The van der Waals surface area contributed by atoms with Gasteiger partial charge in [0.1, 0.15) is 17.1 Å². The number of fused-ring (bicyclic) bond motifs is 1. The van der Waals surface area contributed by atoms with Gasteiger partial charge in [0.25, 0.3) is 5.56 Å². The van der Waals surface area contributed by atoms with Crippen LogP contribution in [0.4, 0.5) is 4.39 Å². The monoisotopic (exact) mass is 430 g/mol. The van der Waals surface area contributed by atoms with Crippen LogP contribution >= 0.6 is 0 Å². The van der Waals surface area contributed by atoms with E-state index in [0.717, 1.165) is 12.1 Å². The molecular weight excluding hydrogens is 403 g/mol. The lowest BCUT2D eigenvalue weighted by atomic mass is 9.83. The molecule has 0 amide bonds. The minimum atomic E-state index is -0.847. The molecule has 0 bridgehead atoms. The average molecular weight is 430 g/mol. The molecule has 1 aromatic carbocycles. The molecule has 7 nitrogen and oxygen atoms in total. The molecule has 1 aromatic heterocycles. The smallest absolute Gasteiger partial charge is 0.340 e. The molecule has 1 unspecified atom stereocenters. The lowest BCUT2D eigenvalue weighted by Crippen LogP contribution is -2.36. The van der Waals surface area contributed by atoms with Crippen LogP contribution in [0.3, 0.4) is 0 Å². The summed E-state index contributed by atoms with van der Waals surface area (Å²) in [4.78, 5) is 26.4. The van der Waals surface area contributed by atoms with E-state index in [9.17, 15) is 14.0 Å². The number of aryl methyl sites for hydroxylation is 1. The first-order valence-corrected chi connectivity index (χ1v) is 10.3. The fourth-order valence-electron chi connectivity index (χ4n) is 3.81. The standard InChI is InChI=1S/C23H27FN2O5/c1-4-6-16-13-17-19(22(27)26(16)11-12-29-3)18(14-7-9-15(24)10-8-14)20(21(25)31-17)23(28)30-5-2/h7-10,13,18H,4-6,11-12,25H2,1-3H3. The van der Waals surface area contributed by atoms with Gasteiger partial charge in [-0.05, 0) is 31.0 Å². The van der Waals surface area contributed by atoms with Crippen molar-refractivity contribution >= 4 is 5.97 Å². The topological polar surface area (TPSA) is 92.8 Å². The number of nitrogens with zero attached hydrogens (tertiary/aromatic N) is 1. The maximum atomic E-state index is 13.6. The summed E-state index contributed by atoms with van der Waals surface area (Å²) in [5.41, 5.74) is 7.44. The average Bonchev–Trinajstić information content (AvgIpc) is 2.73. The van der Waals surface area contributed by atoms with E-state index in [4.69, 9.17) is 19.9 Å². The van der Waals surface area contributed by atoms with Crippen LogP contribution in [0.5, 0.6) is 5.75 Å². The predicted octanol–water partition coefficient (Wildman–Crippen LogP) is 2.84. The Kier molecular flexibility index (Phi) is 7.12. The third-order valence-corrected chi connectivity index (χ3v) is 5.17. The Morgan fingerprint density at radius 1 is 1.26 bits per heavy atom. The molecule has 1 aliphatic rings. The van der Waals surface area contributed by atoms with Crippen LogP contribution in [0.15, 0.2) is 46.6 Å². The van der Waals surface area contributed by atoms with E-state index < -0.39 is 17.7 Å². The molecule has 166 valence electrons. The highest BCUT2D eigenvalue weighted by molar-refractivity contribution is 5.92. The first-order valence-electron chi connectivity index (χ1n) is 10.3. The second-order valence-corrected chi connectivity index (χ2v) is 7.20. The van der Waals surface area contributed by atoms with Crippen molar-refractivity contribution in [1.29, 1.82) is 0 Å². The summed E-state index contributed by atoms with van der Waals surface area (Å²) >= 11 is 0. The van der Waals surface area contributed by atoms with Crippen molar-refractivity contribution in [3.63, 3.8) is 0 Å². The number of methoxy groups -OCH3 is 1. The highest BCUT2D eigenvalue weighted by Crippen LogP contribution is 2.41. The van der Waals surface area contributed by atoms with Gasteiger partial charge in [0.05, 0.1) is 24.7 Å². The van der Waals surface area contributed by atoms with Crippen molar-refractivity contribution in [3.05, 3.63) is 74.8 Å². The quantitative estimate of drug-likeness (QED) is 0.648. The zero-order chi connectivity index (χ0) is 22.5. The highest BCUT2D eigenvalue weighted by atomic mass is 19.1. The SMILES string of the molecule is CCCc1cc2c(c(=O)n1CCOC)C(c1ccc(F)cc1)C(C(=O)OCC)=C(N)O2. The molecule has 0 aliphatic carbocycles. The zero-order valence-corrected chi connectivity index (χ0v) is 17.9. The zero-order valence-electron chi connectivity index (χ0n) is 17.9. The van der Waals surface area contributed by atoms with Gasteiger partial charge in [0.15, 0.2) is 0 Å². The van der Waals surface area contributed by atoms with E-state index in [-0.39, 0.29) is 29.2 Å². The molecule has 2 N–H and O–H groups in total. The first-order chi connectivity index (χ1) is 14.9. The Bertz CT molecular complexity index is 1040. The maximum absolute atomic E-state index is 13.6. The van der Waals surface area contributed by atoms with Gasteiger partial charge in [-0.25, -0.2) is 9.18 Å². The van der Waals surface area contributed by atoms with Crippen molar-refractivity contribution < 1.29 is 23.4 Å². The van der Waals surface area contributed by atoms with Crippen LogP contribution in [-0.2, 0) is 27.2 Å². The normalized spacial score (nSPS) is 15.4. The van der Waals surface area contributed by atoms with E-state index in [1.807, 2.05) is 6.92 Å². The van der Waals surface area contributed by atoms with Crippen LogP contribution in [0, 0.1) is 5.82 Å². The Morgan fingerprint density at radius 3 is 2.58 bits per heavy atom. The second kappa shape index (κ2) is 9.78. The van der Waals surface area contributed by atoms with Crippen molar-refractivity contribution in [2.24, 2.45) is 5.73 Å². The first kappa shape index (κ1) is 22.6. The number of hydrogen-bond donors (Lipinski definition) is 1. The van der Waals surface area contributed by atoms with Gasteiger partial charge in [-0.1, -0.05) is 25.5 Å². The molecule has 3 rings (SSSR count). The number of ether oxygens (including phenoxy) is 3. The number of pyridine rings is 1. The predicted molar refractivity (Wildman–Crippen MR) is 113 cm³/mol. The van der Waals surface area contributed by atoms with Crippen LogP contribution < -0.4 is 16.0 Å². The summed E-state index contributed by atoms with van der Waals surface area (Å²) in [6.45, 7) is 4.52. The van der Waals surface area contributed by atoms with E-state index in [1.54, 1.807) is 24.7 Å². The minimum Gasteiger partial charge on any atom is -0.462 e. The van der Waals surface area contributed by atoms with E-state index in [0.29, 0.717) is 30.9 Å². The fourth-order valence-corrected chi connectivity index (χ4v) is 3.81. The highest BCUT2D eigenvalue weighted by Gasteiger charge is 2.38. The summed E-state index contributed by atoms with van der Waals surface area (Å²) in [5, 5.41) is 0. The molecule has 0 radical (unpaired) electrons. The third-order valence-electron chi connectivity index (χ3n) is 5.17. The van der Waals surface area contributed by atoms with Gasteiger partial charge in [0, 0.05) is 25.4 Å². The molecule has 2 heterocycles. The van der Waals surface area contributed by atoms with Crippen molar-refractivity contribution in [3.8, 4) is 5.75 Å². The summed E-state index contributed by atoms with van der Waals surface area (Å²) in [6, 6.07) is 7.39. The van der Waals surface area contributed by atoms with Gasteiger partial charge < -0.3 is 24.5 Å². The minimum absolute atomic E-state index is 0.0274. The number of aromatic nitrogens is 1. The molecule has 0 spiro atoms. The molecule has 0 fully saturated rings. The molecule has 0 saturated carbocycles. The van der Waals surface area contributed by atoms with E-state index in [2.05, 4.69) is 0 Å². The van der Waals surface area contributed by atoms with Gasteiger partial charge in [-0.3, -0.25) is 4.79 Å². The molecule has 0 saturated heterocycles. The lowest BCUT2D eigenvalue weighted by molar-refractivity contribution is -0.139. The summed E-state index contributed by atoms with van der Waals surface area (Å²) in [6.07, 6.45) is 1.48. The summed E-state index contributed by atoms with van der Waals surface area (Å²) in [5.74, 6) is -1.79. The van der Waals surface area contributed by atoms with E-state index >= 15 is 0 Å². The number of rotatable bonds is 8. The van der Waals surface area contributed by atoms with Crippen molar-refractivity contribution in [2.75, 3.05) is 20.3 Å². The Morgan fingerprint density at radius 2 is 1.97 bits per heavy atom. The number of esters is 1. The van der Waals surface area contributed by atoms with Crippen LogP contribution in [0.1, 0.15) is 43.0 Å². The van der Waals surface area contributed by atoms with Gasteiger partial charge in [-0.15, -0.1) is 0 Å². The Balaban J connectivity index is 2.28. The van der Waals surface area contributed by atoms with Gasteiger partial charge in [0.2, 0.25) is 5.88 Å². The lowest BCUT2D eigenvalue weighted by Gasteiger charge is -2.29. The third kappa shape index (κ3) is 4.49. The fraction of sp³-hybridized carbons (Fsp3) is 0.391. The van der Waals surface area contributed by atoms with Gasteiger partial charge in [-0.2, -0.15) is 0 Å². The van der Waals surface area contributed by atoms with Crippen molar-refractivity contribution in [1.82, 2.24) is 4.57 Å². The van der Waals surface area contributed by atoms with Crippen LogP contribution in [0.25, 0.3) is 0 Å². The molecular formula is C23H27FN2O5. The largest absolute Gasteiger partial charge is 0.462 e. The van der Waals surface area contributed by atoms with Crippen molar-refractivity contribution in [2.45, 2.75) is 39.2 Å². The number of halogens is 1. The second-order valence-electron chi connectivity index (χ2n) is 7.20. The Labute approximate surface area is 180 Å².